The van der Waals surface area contributed by atoms with Gasteiger partial charge in [-0.3, -0.25) is 9.59 Å². The molecule has 0 spiro atoms. The molecule has 0 aliphatic carbocycles. The van der Waals surface area contributed by atoms with Crippen LogP contribution in [0.3, 0.4) is 0 Å². The fourth-order valence-electron chi connectivity index (χ4n) is 3.35. The largest absolute Gasteiger partial charge is 0.496 e. The molecule has 154 valence electrons. The van der Waals surface area contributed by atoms with Gasteiger partial charge in [-0.1, -0.05) is 6.92 Å². The summed E-state index contributed by atoms with van der Waals surface area (Å²) in [5.74, 6) is 0.752. The minimum absolute atomic E-state index is 0.177. The first kappa shape index (κ1) is 21.2. The molecule has 0 atom stereocenters. The molecule has 6 nitrogen and oxygen atoms in total. The SMILES string of the molecule is CCCC(=O)N1CCN(c2ccc(NC(=O)c3ccc(OC)c(Br)c3)cc2)CC1. The lowest BCUT2D eigenvalue weighted by Gasteiger charge is -2.36. The Balaban J connectivity index is 1.57. The monoisotopic (exact) mass is 459 g/mol. The Morgan fingerprint density at radius 2 is 1.76 bits per heavy atom. The lowest BCUT2D eigenvalue weighted by atomic mass is 10.2. The van der Waals surface area contributed by atoms with Gasteiger partial charge in [-0.2, -0.15) is 0 Å². The molecule has 0 saturated carbocycles. The van der Waals surface area contributed by atoms with Crippen molar-refractivity contribution in [3.63, 3.8) is 0 Å². The first-order chi connectivity index (χ1) is 14.0. The van der Waals surface area contributed by atoms with Gasteiger partial charge in [0.25, 0.3) is 5.91 Å². The predicted molar refractivity (Wildman–Crippen MR) is 119 cm³/mol. The van der Waals surface area contributed by atoms with Crippen molar-refractivity contribution in [2.75, 3.05) is 43.5 Å². The Hall–Kier alpha value is -2.54. The summed E-state index contributed by atoms with van der Waals surface area (Å²) in [5.41, 5.74) is 2.38. The number of methoxy groups -OCH3 is 1. The van der Waals surface area contributed by atoms with E-state index in [1.54, 1.807) is 25.3 Å². The number of ether oxygens (including phenoxy) is 1. The Labute approximate surface area is 180 Å². The van der Waals surface area contributed by atoms with Crippen molar-refractivity contribution in [2.45, 2.75) is 19.8 Å². The van der Waals surface area contributed by atoms with E-state index in [9.17, 15) is 9.59 Å². The Kier molecular flexibility index (Phi) is 7.14. The Bertz CT molecular complexity index is 862. The number of hydrogen-bond acceptors (Lipinski definition) is 4. The molecule has 0 radical (unpaired) electrons. The second-order valence-corrected chi connectivity index (χ2v) is 7.82. The Morgan fingerprint density at radius 3 is 2.34 bits per heavy atom. The minimum atomic E-state index is -0.177. The van der Waals surface area contributed by atoms with Gasteiger partial charge in [0, 0.05) is 49.5 Å². The average molecular weight is 460 g/mol. The van der Waals surface area contributed by atoms with Gasteiger partial charge < -0.3 is 19.9 Å². The van der Waals surface area contributed by atoms with Crippen molar-refractivity contribution in [1.82, 2.24) is 4.90 Å². The summed E-state index contributed by atoms with van der Waals surface area (Å²) < 4.78 is 5.93. The highest BCUT2D eigenvalue weighted by Gasteiger charge is 2.20. The van der Waals surface area contributed by atoms with E-state index in [1.807, 2.05) is 36.1 Å². The van der Waals surface area contributed by atoms with Gasteiger partial charge in [0.1, 0.15) is 5.75 Å². The van der Waals surface area contributed by atoms with Crippen LogP contribution in [0.4, 0.5) is 11.4 Å². The van der Waals surface area contributed by atoms with Gasteiger partial charge in [-0.25, -0.2) is 0 Å². The maximum absolute atomic E-state index is 12.5. The molecule has 1 aliphatic heterocycles. The summed E-state index contributed by atoms with van der Waals surface area (Å²) in [6.07, 6.45) is 1.51. The molecule has 1 saturated heterocycles. The molecule has 3 rings (SSSR count). The molecule has 2 aromatic carbocycles. The summed E-state index contributed by atoms with van der Waals surface area (Å²) >= 11 is 3.40. The first-order valence-electron chi connectivity index (χ1n) is 9.79. The maximum Gasteiger partial charge on any atom is 0.255 e. The highest BCUT2D eigenvalue weighted by atomic mass is 79.9. The van der Waals surface area contributed by atoms with E-state index < -0.39 is 0 Å². The van der Waals surface area contributed by atoms with Crippen molar-refractivity contribution >= 4 is 39.1 Å². The second-order valence-electron chi connectivity index (χ2n) is 6.97. The van der Waals surface area contributed by atoms with Crippen LogP contribution in [-0.2, 0) is 4.79 Å². The number of halogens is 1. The molecule has 1 aliphatic rings. The molecule has 0 bridgehead atoms. The molecule has 0 aromatic heterocycles. The van der Waals surface area contributed by atoms with E-state index in [2.05, 4.69) is 26.1 Å². The van der Waals surface area contributed by atoms with Crippen LogP contribution in [-0.4, -0.2) is 50.0 Å². The fourth-order valence-corrected chi connectivity index (χ4v) is 3.89. The third kappa shape index (κ3) is 5.29. The summed E-state index contributed by atoms with van der Waals surface area (Å²) in [5, 5.41) is 2.92. The van der Waals surface area contributed by atoms with Gasteiger partial charge in [0.15, 0.2) is 0 Å². The number of nitrogens with zero attached hydrogens (tertiary/aromatic N) is 2. The van der Waals surface area contributed by atoms with Crippen LogP contribution >= 0.6 is 15.9 Å². The molecule has 2 amide bonds. The number of benzene rings is 2. The van der Waals surface area contributed by atoms with Crippen LogP contribution in [0, 0.1) is 0 Å². The number of piperazine rings is 1. The number of carbonyl (C=O) groups is 2. The number of nitrogens with one attached hydrogen (secondary N) is 1. The van der Waals surface area contributed by atoms with Crippen LogP contribution in [0.2, 0.25) is 0 Å². The lowest BCUT2D eigenvalue weighted by molar-refractivity contribution is -0.131. The summed E-state index contributed by atoms with van der Waals surface area (Å²) in [7, 11) is 1.59. The Morgan fingerprint density at radius 1 is 1.07 bits per heavy atom. The van der Waals surface area contributed by atoms with Crippen LogP contribution < -0.4 is 15.0 Å². The standard InChI is InChI=1S/C22H26BrN3O3/c1-3-4-21(27)26-13-11-25(12-14-26)18-8-6-17(7-9-18)24-22(28)16-5-10-20(29-2)19(23)15-16/h5-10,15H,3-4,11-14H2,1-2H3,(H,24,28). The highest BCUT2D eigenvalue weighted by Crippen LogP contribution is 2.26. The lowest BCUT2D eigenvalue weighted by Crippen LogP contribution is -2.48. The van der Waals surface area contributed by atoms with E-state index in [4.69, 9.17) is 4.74 Å². The fraction of sp³-hybridized carbons (Fsp3) is 0.364. The molecule has 2 aromatic rings. The normalized spacial score (nSPS) is 13.9. The first-order valence-corrected chi connectivity index (χ1v) is 10.6. The van der Waals surface area contributed by atoms with Gasteiger partial charge in [0.2, 0.25) is 5.91 Å². The molecule has 1 fully saturated rings. The zero-order valence-corrected chi connectivity index (χ0v) is 18.4. The van der Waals surface area contributed by atoms with Gasteiger partial charge in [-0.15, -0.1) is 0 Å². The molecular formula is C22H26BrN3O3. The zero-order valence-electron chi connectivity index (χ0n) is 16.8. The quantitative estimate of drug-likeness (QED) is 0.704. The number of rotatable bonds is 6. The van der Waals surface area contributed by atoms with Crippen molar-refractivity contribution in [1.29, 1.82) is 0 Å². The molecule has 7 heteroatoms. The highest BCUT2D eigenvalue weighted by molar-refractivity contribution is 9.10. The van der Waals surface area contributed by atoms with Gasteiger partial charge in [0.05, 0.1) is 11.6 Å². The van der Waals surface area contributed by atoms with E-state index in [1.165, 1.54) is 0 Å². The van der Waals surface area contributed by atoms with Crippen LogP contribution in [0.15, 0.2) is 46.9 Å². The van der Waals surface area contributed by atoms with Gasteiger partial charge >= 0.3 is 0 Å². The van der Waals surface area contributed by atoms with Gasteiger partial charge in [-0.05, 0) is 64.8 Å². The third-order valence-corrected chi connectivity index (χ3v) is 5.62. The minimum Gasteiger partial charge on any atom is -0.496 e. The molecule has 0 unspecified atom stereocenters. The van der Waals surface area contributed by atoms with Crippen molar-refractivity contribution in [3.8, 4) is 5.75 Å². The van der Waals surface area contributed by atoms with E-state index in [0.29, 0.717) is 17.7 Å². The predicted octanol–water partition coefficient (Wildman–Crippen LogP) is 4.16. The van der Waals surface area contributed by atoms with Crippen LogP contribution in [0.25, 0.3) is 0 Å². The summed E-state index contributed by atoms with van der Waals surface area (Å²) in [4.78, 5) is 28.7. The number of anilines is 2. The third-order valence-electron chi connectivity index (χ3n) is 5.00. The maximum atomic E-state index is 12.5. The second kappa shape index (κ2) is 9.78. The van der Waals surface area contributed by atoms with E-state index in [-0.39, 0.29) is 11.8 Å². The average Bonchev–Trinajstić information content (AvgIpc) is 2.74. The van der Waals surface area contributed by atoms with Crippen LogP contribution in [0.1, 0.15) is 30.1 Å². The number of hydrogen-bond donors (Lipinski definition) is 1. The molecule has 29 heavy (non-hydrogen) atoms. The zero-order chi connectivity index (χ0) is 20.8. The number of carbonyl (C=O) groups excluding carboxylic acids is 2. The van der Waals surface area contributed by atoms with Crippen molar-refractivity contribution in [2.24, 2.45) is 0 Å². The topological polar surface area (TPSA) is 61.9 Å². The molecule has 1 heterocycles. The van der Waals surface area contributed by atoms with Crippen LogP contribution in [0.5, 0.6) is 5.75 Å². The molecule has 1 N–H and O–H groups in total. The smallest absolute Gasteiger partial charge is 0.255 e. The van der Waals surface area contributed by atoms with E-state index >= 15 is 0 Å². The van der Waals surface area contributed by atoms with E-state index in [0.717, 1.165) is 48.4 Å². The summed E-state index contributed by atoms with van der Waals surface area (Å²) in [6, 6.07) is 13.0. The van der Waals surface area contributed by atoms with Crippen molar-refractivity contribution < 1.29 is 14.3 Å². The molecular weight excluding hydrogens is 434 g/mol. The number of amides is 2. The summed E-state index contributed by atoms with van der Waals surface area (Å²) in [6.45, 7) is 5.18. The van der Waals surface area contributed by atoms with Crippen molar-refractivity contribution in [3.05, 3.63) is 52.5 Å².